The van der Waals surface area contributed by atoms with Gasteiger partial charge in [0.15, 0.2) is 0 Å². The Morgan fingerprint density at radius 2 is 1.72 bits per heavy atom. The fourth-order valence-corrected chi connectivity index (χ4v) is 2.09. The van der Waals surface area contributed by atoms with E-state index < -0.39 is 6.10 Å². The van der Waals surface area contributed by atoms with Gasteiger partial charge in [0.2, 0.25) is 0 Å². The quantitative estimate of drug-likeness (QED) is 0.894. The summed E-state index contributed by atoms with van der Waals surface area (Å²) < 4.78 is 0. The molecule has 0 aliphatic heterocycles. The van der Waals surface area contributed by atoms with Crippen LogP contribution in [-0.4, -0.2) is 10.2 Å². The minimum absolute atomic E-state index is 0.0880. The number of rotatable bonds is 3. The molecule has 2 rings (SSSR count). The van der Waals surface area contributed by atoms with Crippen molar-refractivity contribution >= 4 is 23.2 Å². The first kappa shape index (κ1) is 13.2. The van der Waals surface area contributed by atoms with Gasteiger partial charge in [0.05, 0.1) is 16.1 Å². The maximum atomic E-state index is 10.1. The minimum Gasteiger partial charge on any atom is -0.508 e. The van der Waals surface area contributed by atoms with Crippen LogP contribution < -0.4 is 0 Å². The molecule has 2 nitrogen and oxygen atoms in total. The Hall–Kier alpha value is -1.22. The number of hydrogen-bond donors (Lipinski definition) is 2. The molecule has 0 saturated heterocycles. The molecule has 0 unspecified atom stereocenters. The largest absolute Gasteiger partial charge is 0.508 e. The molecule has 0 aromatic heterocycles. The lowest BCUT2D eigenvalue weighted by molar-refractivity contribution is 0.174. The monoisotopic (exact) mass is 282 g/mol. The Morgan fingerprint density at radius 3 is 2.39 bits per heavy atom. The molecule has 1 atom stereocenters. The van der Waals surface area contributed by atoms with Gasteiger partial charge >= 0.3 is 0 Å². The first-order valence-electron chi connectivity index (χ1n) is 5.48. The van der Waals surface area contributed by atoms with Crippen LogP contribution in [0.15, 0.2) is 42.5 Å². The van der Waals surface area contributed by atoms with Gasteiger partial charge in [-0.15, -0.1) is 0 Å². The van der Waals surface area contributed by atoms with Crippen LogP contribution in [0.4, 0.5) is 0 Å². The number of para-hydroxylation sites is 1. The van der Waals surface area contributed by atoms with E-state index in [-0.39, 0.29) is 5.75 Å². The summed E-state index contributed by atoms with van der Waals surface area (Å²) in [5.74, 6) is 0.0880. The Bertz CT molecular complexity index is 555. The maximum absolute atomic E-state index is 10.1. The average molecular weight is 283 g/mol. The number of hydrogen-bond acceptors (Lipinski definition) is 2. The molecule has 0 amide bonds. The number of benzene rings is 2. The molecular formula is C14H12Cl2O2. The first-order valence-corrected chi connectivity index (χ1v) is 6.23. The van der Waals surface area contributed by atoms with Gasteiger partial charge in [-0.1, -0.05) is 47.5 Å². The third-order valence-electron chi connectivity index (χ3n) is 2.71. The zero-order valence-electron chi connectivity index (χ0n) is 9.48. The Labute approximate surface area is 115 Å². The van der Waals surface area contributed by atoms with Crippen molar-refractivity contribution in [3.05, 3.63) is 63.6 Å². The van der Waals surface area contributed by atoms with E-state index in [0.717, 1.165) is 5.56 Å². The van der Waals surface area contributed by atoms with Crippen molar-refractivity contribution in [1.82, 2.24) is 0 Å². The lowest BCUT2D eigenvalue weighted by Crippen LogP contribution is -2.02. The van der Waals surface area contributed by atoms with Crippen LogP contribution in [-0.2, 0) is 6.42 Å². The number of phenols is 1. The predicted octanol–water partition coefficient (Wildman–Crippen LogP) is 3.98. The topological polar surface area (TPSA) is 40.5 Å². The standard InChI is InChI=1S/C14H12Cl2O2/c15-11-6-5-9(7-12(11)16)8-14(18)10-3-1-2-4-13(10)17/h1-7,14,17-18H,8H2/t14-/m0/s1. The third-order valence-corrected chi connectivity index (χ3v) is 3.45. The Balaban J connectivity index is 2.19. The van der Waals surface area contributed by atoms with Crippen molar-refractivity contribution in [3.63, 3.8) is 0 Å². The molecule has 94 valence electrons. The van der Waals surface area contributed by atoms with E-state index >= 15 is 0 Å². The fraction of sp³-hybridized carbons (Fsp3) is 0.143. The van der Waals surface area contributed by atoms with E-state index in [0.29, 0.717) is 22.0 Å². The fourth-order valence-electron chi connectivity index (χ4n) is 1.77. The second-order valence-corrected chi connectivity index (χ2v) is 4.84. The van der Waals surface area contributed by atoms with Crippen molar-refractivity contribution in [2.24, 2.45) is 0 Å². The molecule has 0 bridgehead atoms. The van der Waals surface area contributed by atoms with Crippen molar-refractivity contribution in [2.75, 3.05) is 0 Å². The first-order chi connectivity index (χ1) is 8.58. The molecule has 0 heterocycles. The average Bonchev–Trinajstić information content (AvgIpc) is 2.34. The zero-order valence-corrected chi connectivity index (χ0v) is 11.0. The van der Waals surface area contributed by atoms with Crippen molar-refractivity contribution in [2.45, 2.75) is 12.5 Å². The number of halogens is 2. The highest BCUT2D eigenvalue weighted by atomic mass is 35.5. The molecule has 2 N–H and O–H groups in total. The molecule has 2 aromatic rings. The van der Waals surface area contributed by atoms with E-state index in [4.69, 9.17) is 23.2 Å². The van der Waals surface area contributed by atoms with E-state index in [1.165, 1.54) is 0 Å². The molecule has 0 saturated carbocycles. The Kier molecular flexibility index (Phi) is 4.12. The van der Waals surface area contributed by atoms with E-state index in [1.807, 2.05) is 0 Å². The normalized spacial score (nSPS) is 12.4. The van der Waals surface area contributed by atoms with Crippen LogP contribution in [0.2, 0.25) is 10.0 Å². The van der Waals surface area contributed by atoms with Crippen LogP contribution in [0, 0.1) is 0 Å². The van der Waals surface area contributed by atoms with Crippen LogP contribution in [0.1, 0.15) is 17.2 Å². The number of aliphatic hydroxyl groups is 1. The molecular weight excluding hydrogens is 271 g/mol. The summed E-state index contributed by atoms with van der Waals surface area (Å²) in [6.07, 6.45) is -0.405. The number of aromatic hydroxyl groups is 1. The lowest BCUT2D eigenvalue weighted by atomic mass is 10.0. The van der Waals surface area contributed by atoms with Crippen molar-refractivity contribution in [1.29, 1.82) is 0 Å². The summed E-state index contributed by atoms with van der Waals surface area (Å²) in [4.78, 5) is 0. The second kappa shape index (κ2) is 5.61. The number of aliphatic hydroxyl groups excluding tert-OH is 1. The van der Waals surface area contributed by atoms with Crippen molar-refractivity contribution in [3.8, 4) is 5.75 Å². The molecule has 0 spiro atoms. The third kappa shape index (κ3) is 2.96. The summed E-state index contributed by atoms with van der Waals surface area (Å²) in [6.45, 7) is 0. The van der Waals surface area contributed by atoms with Gasteiger partial charge in [-0.25, -0.2) is 0 Å². The van der Waals surface area contributed by atoms with Crippen LogP contribution in [0.25, 0.3) is 0 Å². The van der Waals surface area contributed by atoms with E-state index in [9.17, 15) is 10.2 Å². The molecule has 4 heteroatoms. The summed E-state index contributed by atoms with van der Waals surface area (Å²) in [5.41, 5.74) is 1.36. The molecule has 0 aliphatic rings. The highest BCUT2D eigenvalue weighted by Gasteiger charge is 2.13. The molecule has 0 aliphatic carbocycles. The molecule has 18 heavy (non-hydrogen) atoms. The number of phenolic OH excluding ortho intramolecular Hbond substituents is 1. The van der Waals surface area contributed by atoms with E-state index in [1.54, 1.807) is 42.5 Å². The summed E-state index contributed by atoms with van der Waals surface area (Å²) in [5, 5.41) is 20.7. The predicted molar refractivity (Wildman–Crippen MR) is 73.2 cm³/mol. The zero-order chi connectivity index (χ0) is 13.1. The minimum atomic E-state index is -0.775. The van der Waals surface area contributed by atoms with Crippen LogP contribution in [0.5, 0.6) is 5.75 Å². The van der Waals surface area contributed by atoms with Gasteiger partial charge < -0.3 is 10.2 Å². The van der Waals surface area contributed by atoms with Gasteiger partial charge in [0.25, 0.3) is 0 Å². The molecule has 2 aromatic carbocycles. The molecule has 0 radical (unpaired) electrons. The highest BCUT2D eigenvalue weighted by molar-refractivity contribution is 6.42. The van der Waals surface area contributed by atoms with Crippen LogP contribution in [0.3, 0.4) is 0 Å². The summed E-state index contributed by atoms with van der Waals surface area (Å²) in [7, 11) is 0. The van der Waals surface area contributed by atoms with Gasteiger partial charge in [-0.2, -0.15) is 0 Å². The second-order valence-electron chi connectivity index (χ2n) is 4.03. The highest BCUT2D eigenvalue weighted by Crippen LogP contribution is 2.28. The van der Waals surface area contributed by atoms with Crippen LogP contribution >= 0.6 is 23.2 Å². The van der Waals surface area contributed by atoms with Gasteiger partial charge in [0.1, 0.15) is 5.75 Å². The smallest absolute Gasteiger partial charge is 0.121 e. The lowest BCUT2D eigenvalue weighted by Gasteiger charge is -2.13. The van der Waals surface area contributed by atoms with Gasteiger partial charge in [0, 0.05) is 12.0 Å². The maximum Gasteiger partial charge on any atom is 0.121 e. The summed E-state index contributed by atoms with van der Waals surface area (Å²) >= 11 is 11.7. The van der Waals surface area contributed by atoms with Gasteiger partial charge in [-0.05, 0) is 23.8 Å². The Morgan fingerprint density at radius 1 is 1.00 bits per heavy atom. The van der Waals surface area contributed by atoms with E-state index in [2.05, 4.69) is 0 Å². The van der Waals surface area contributed by atoms with Crippen molar-refractivity contribution < 1.29 is 10.2 Å². The molecule has 0 fully saturated rings. The summed E-state index contributed by atoms with van der Waals surface area (Å²) in [6, 6.07) is 11.9. The van der Waals surface area contributed by atoms with Gasteiger partial charge in [-0.3, -0.25) is 0 Å². The SMILES string of the molecule is Oc1ccccc1[C@@H](O)Cc1ccc(Cl)c(Cl)c1.